The van der Waals surface area contributed by atoms with Crippen molar-refractivity contribution in [3.63, 3.8) is 0 Å². The van der Waals surface area contributed by atoms with E-state index in [1.54, 1.807) is 31.2 Å². The number of sulfonamides is 1. The highest BCUT2D eigenvalue weighted by Crippen LogP contribution is 2.21. The number of carbonyl (C=O) groups is 1. The van der Waals surface area contributed by atoms with E-state index < -0.39 is 10.0 Å². The van der Waals surface area contributed by atoms with Crippen LogP contribution >= 0.6 is 0 Å². The lowest BCUT2D eigenvalue weighted by atomic mass is 10.2. The lowest BCUT2D eigenvalue weighted by Crippen LogP contribution is -2.40. The molecular weight excluding hydrogens is 408 g/mol. The highest BCUT2D eigenvalue weighted by molar-refractivity contribution is 7.89. The fourth-order valence-electron chi connectivity index (χ4n) is 3.08. The van der Waals surface area contributed by atoms with Gasteiger partial charge in [0, 0.05) is 32.2 Å². The van der Waals surface area contributed by atoms with Gasteiger partial charge in [0.15, 0.2) is 6.61 Å². The summed E-state index contributed by atoms with van der Waals surface area (Å²) in [6, 6.07) is 13.6. The number of hydrogen-bond acceptors (Lipinski definition) is 6. The second-order valence-corrected chi connectivity index (χ2v) is 8.78. The van der Waals surface area contributed by atoms with Crippen LogP contribution in [0.25, 0.3) is 0 Å². The van der Waals surface area contributed by atoms with Gasteiger partial charge in [-0.3, -0.25) is 4.79 Å². The molecule has 2 aromatic carbocycles. The summed E-state index contributed by atoms with van der Waals surface area (Å²) in [4.78, 5) is 14.1. The number of para-hydroxylation sites is 1. The minimum absolute atomic E-state index is 0.152. The van der Waals surface area contributed by atoms with E-state index >= 15 is 0 Å². The third-order valence-corrected chi connectivity index (χ3v) is 6.73. The van der Waals surface area contributed by atoms with Gasteiger partial charge in [0.25, 0.3) is 5.91 Å². The Kier molecular flexibility index (Phi) is 7.30. The van der Waals surface area contributed by atoms with Crippen molar-refractivity contribution in [1.29, 1.82) is 0 Å². The zero-order valence-electron chi connectivity index (χ0n) is 17.1. The topological polar surface area (TPSA) is 85.4 Å². The summed E-state index contributed by atoms with van der Waals surface area (Å²) in [6.45, 7) is 1.71. The average Bonchev–Trinajstić information content (AvgIpc) is 2.78. The molecule has 0 spiro atoms. The SMILES string of the molecule is COc1ccccc1CN(C)C(=O)COc1ccc(S(=O)(=O)N2CCOCC2)cc1. The highest BCUT2D eigenvalue weighted by atomic mass is 32.2. The molecule has 30 heavy (non-hydrogen) atoms. The number of morpholine rings is 1. The van der Waals surface area contributed by atoms with E-state index in [-0.39, 0.29) is 17.4 Å². The van der Waals surface area contributed by atoms with Crippen LogP contribution in [-0.2, 0) is 26.1 Å². The summed E-state index contributed by atoms with van der Waals surface area (Å²) in [5.74, 6) is 0.941. The van der Waals surface area contributed by atoms with Crippen LogP contribution in [0.15, 0.2) is 53.4 Å². The lowest BCUT2D eigenvalue weighted by Gasteiger charge is -2.26. The first kappa shape index (κ1) is 22.1. The quantitative estimate of drug-likeness (QED) is 0.629. The Labute approximate surface area is 177 Å². The van der Waals surface area contributed by atoms with Gasteiger partial charge in [-0.1, -0.05) is 18.2 Å². The van der Waals surface area contributed by atoms with Crippen LogP contribution in [0.1, 0.15) is 5.56 Å². The van der Waals surface area contributed by atoms with Gasteiger partial charge in [-0.2, -0.15) is 4.31 Å². The molecule has 0 saturated carbocycles. The number of rotatable bonds is 8. The molecule has 0 bridgehead atoms. The molecule has 1 aliphatic rings. The van der Waals surface area contributed by atoms with E-state index in [2.05, 4.69) is 0 Å². The Morgan fingerprint density at radius 3 is 2.43 bits per heavy atom. The van der Waals surface area contributed by atoms with Crippen molar-refractivity contribution in [2.24, 2.45) is 0 Å². The summed E-state index contributed by atoms with van der Waals surface area (Å²) in [7, 11) is -0.273. The summed E-state index contributed by atoms with van der Waals surface area (Å²) in [6.07, 6.45) is 0. The summed E-state index contributed by atoms with van der Waals surface area (Å²) in [5.41, 5.74) is 0.897. The van der Waals surface area contributed by atoms with Gasteiger partial charge in [-0.05, 0) is 30.3 Å². The third kappa shape index (κ3) is 5.29. The van der Waals surface area contributed by atoms with E-state index in [0.29, 0.717) is 38.6 Å². The molecule has 0 radical (unpaired) electrons. The number of nitrogens with zero attached hydrogens (tertiary/aromatic N) is 2. The van der Waals surface area contributed by atoms with Crippen molar-refractivity contribution in [2.45, 2.75) is 11.4 Å². The molecule has 1 aliphatic heterocycles. The maximum absolute atomic E-state index is 12.6. The Morgan fingerprint density at radius 1 is 1.10 bits per heavy atom. The molecule has 2 aromatic rings. The number of amides is 1. The number of methoxy groups -OCH3 is 1. The van der Waals surface area contributed by atoms with Crippen molar-refractivity contribution in [2.75, 3.05) is 47.1 Å². The maximum atomic E-state index is 12.6. The molecule has 0 N–H and O–H groups in total. The van der Waals surface area contributed by atoms with Crippen LogP contribution in [0.4, 0.5) is 0 Å². The predicted molar refractivity (Wildman–Crippen MR) is 111 cm³/mol. The lowest BCUT2D eigenvalue weighted by molar-refractivity contribution is -0.132. The van der Waals surface area contributed by atoms with Gasteiger partial charge in [0.2, 0.25) is 10.0 Å². The van der Waals surface area contributed by atoms with Crippen LogP contribution in [0.3, 0.4) is 0 Å². The van der Waals surface area contributed by atoms with Crippen LogP contribution in [0.5, 0.6) is 11.5 Å². The summed E-state index contributed by atoms with van der Waals surface area (Å²) >= 11 is 0. The molecular formula is C21H26N2O6S. The monoisotopic (exact) mass is 434 g/mol. The van der Waals surface area contributed by atoms with Gasteiger partial charge in [0.05, 0.1) is 25.2 Å². The van der Waals surface area contributed by atoms with Gasteiger partial charge in [-0.15, -0.1) is 0 Å². The minimum Gasteiger partial charge on any atom is -0.496 e. The first-order valence-electron chi connectivity index (χ1n) is 9.58. The molecule has 1 amide bonds. The molecule has 9 heteroatoms. The van der Waals surface area contributed by atoms with Gasteiger partial charge in [0.1, 0.15) is 11.5 Å². The zero-order valence-corrected chi connectivity index (χ0v) is 17.9. The van der Waals surface area contributed by atoms with E-state index in [9.17, 15) is 13.2 Å². The number of benzene rings is 2. The zero-order chi connectivity index (χ0) is 21.6. The van der Waals surface area contributed by atoms with E-state index in [4.69, 9.17) is 14.2 Å². The molecule has 0 aliphatic carbocycles. The number of hydrogen-bond donors (Lipinski definition) is 0. The predicted octanol–water partition coefficient (Wildman–Crippen LogP) is 1.75. The van der Waals surface area contributed by atoms with Crippen molar-refractivity contribution >= 4 is 15.9 Å². The van der Waals surface area contributed by atoms with Crippen LogP contribution in [-0.4, -0.2) is 70.6 Å². The van der Waals surface area contributed by atoms with Crippen molar-refractivity contribution in [1.82, 2.24) is 9.21 Å². The van der Waals surface area contributed by atoms with E-state index in [1.807, 2.05) is 24.3 Å². The minimum atomic E-state index is -3.55. The van der Waals surface area contributed by atoms with Crippen LogP contribution in [0, 0.1) is 0 Å². The fraction of sp³-hybridized carbons (Fsp3) is 0.381. The Balaban J connectivity index is 1.56. The molecule has 162 valence electrons. The number of ether oxygens (including phenoxy) is 3. The second-order valence-electron chi connectivity index (χ2n) is 6.84. The van der Waals surface area contributed by atoms with Crippen molar-refractivity contribution < 1.29 is 27.4 Å². The first-order chi connectivity index (χ1) is 14.4. The molecule has 8 nitrogen and oxygen atoms in total. The summed E-state index contributed by atoms with van der Waals surface area (Å²) in [5, 5.41) is 0. The Morgan fingerprint density at radius 2 is 1.77 bits per heavy atom. The largest absolute Gasteiger partial charge is 0.496 e. The molecule has 0 atom stereocenters. The van der Waals surface area contributed by atoms with Crippen LogP contribution in [0.2, 0.25) is 0 Å². The van der Waals surface area contributed by atoms with E-state index in [0.717, 1.165) is 11.3 Å². The van der Waals surface area contributed by atoms with Crippen molar-refractivity contribution in [3.05, 3.63) is 54.1 Å². The fourth-order valence-corrected chi connectivity index (χ4v) is 4.48. The molecule has 1 saturated heterocycles. The van der Waals surface area contributed by atoms with E-state index in [1.165, 1.54) is 16.4 Å². The Bertz CT molecular complexity index is 956. The molecule has 0 unspecified atom stereocenters. The summed E-state index contributed by atoms with van der Waals surface area (Å²) < 4.78 is 42.7. The molecule has 0 aromatic heterocycles. The third-order valence-electron chi connectivity index (χ3n) is 4.82. The Hall–Kier alpha value is -2.62. The molecule has 1 fully saturated rings. The average molecular weight is 435 g/mol. The number of likely N-dealkylation sites (N-methyl/N-ethyl adjacent to an activating group) is 1. The van der Waals surface area contributed by atoms with Gasteiger partial charge < -0.3 is 19.1 Å². The smallest absolute Gasteiger partial charge is 0.260 e. The van der Waals surface area contributed by atoms with Crippen molar-refractivity contribution in [3.8, 4) is 11.5 Å². The normalized spacial score (nSPS) is 14.9. The highest BCUT2D eigenvalue weighted by Gasteiger charge is 2.26. The standard InChI is InChI=1S/C21H26N2O6S/c1-22(15-17-5-3-4-6-20(17)27-2)21(24)16-29-18-7-9-19(10-8-18)30(25,26)23-11-13-28-14-12-23/h3-10H,11-16H2,1-2H3. The first-order valence-corrected chi connectivity index (χ1v) is 11.0. The van der Waals surface area contributed by atoms with Crippen LogP contribution < -0.4 is 9.47 Å². The van der Waals surface area contributed by atoms with Gasteiger partial charge in [-0.25, -0.2) is 8.42 Å². The maximum Gasteiger partial charge on any atom is 0.260 e. The number of carbonyl (C=O) groups excluding carboxylic acids is 1. The second kappa shape index (κ2) is 9.92. The molecule has 3 rings (SSSR count). The molecule has 1 heterocycles. The van der Waals surface area contributed by atoms with Gasteiger partial charge >= 0.3 is 0 Å².